The van der Waals surface area contributed by atoms with Crippen LogP contribution in [0.4, 0.5) is 0 Å². The first-order chi connectivity index (χ1) is 13.9. The maximum absolute atomic E-state index is 9.33. The standard InChI is InChI=1S/C27H46O2/c1-18(17-28)8-7-9-19(2)21-10-11-22-20-16-24-27(29-24)14-6-5-13-26(27,4)23(20)12-15-25(21,22)3/h18-24,28H,5-17H2,1-4H3/t18?,19-,20+,21-,22+,23+,24?,25-,26-,27?/m1/s1. The summed E-state index contributed by atoms with van der Waals surface area (Å²) >= 11 is 0. The fourth-order valence-electron chi connectivity index (χ4n) is 9.77. The van der Waals surface area contributed by atoms with Gasteiger partial charge in [-0.3, -0.25) is 0 Å². The minimum Gasteiger partial charge on any atom is -0.396 e. The predicted octanol–water partition coefficient (Wildman–Crippen LogP) is 6.60. The van der Waals surface area contributed by atoms with E-state index in [0.29, 0.717) is 35.1 Å². The van der Waals surface area contributed by atoms with Crippen LogP contribution in [0.15, 0.2) is 0 Å². The minimum atomic E-state index is 0.300. The molecule has 1 spiro atoms. The van der Waals surface area contributed by atoms with Crippen LogP contribution >= 0.6 is 0 Å². The molecule has 4 saturated carbocycles. The van der Waals surface area contributed by atoms with E-state index in [2.05, 4.69) is 27.7 Å². The molecule has 5 aliphatic rings. The van der Waals surface area contributed by atoms with Crippen molar-refractivity contribution in [3.63, 3.8) is 0 Å². The van der Waals surface area contributed by atoms with Crippen LogP contribution in [0.1, 0.15) is 105 Å². The molecule has 0 aromatic heterocycles. The molecule has 0 radical (unpaired) electrons. The van der Waals surface area contributed by atoms with E-state index in [4.69, 9.17) is 4.74 Å². The van der Waals surface area contributed by atoms with Crippen molar-refractivity contribution in [1.29, 1.82) is 0 Å². The molecule has 166 valence electrons. The Morgan fingerprint density at radius 1 is 0.966 bits per heavy atom. The molecule has 5 rings (SSSR count). The van der Waals surface area contributed by atoms with Crippen molar-refractivity contribution < 1.29 is 9.84 Å². The monoisotopic (exact) mass is 402 g/mol. The van der Waals surface area contributed by atoms with Crippen LogP contribution in [-0.4, -0.2) is 23.4 Å². The molecule has 1 saturated heterocycles. The summed E-state index contributed by atoms with van der Waals surface area (Å²) in [5.74, 6) is 5.05. The zero-order valence-corrected chi connectivity index (χ0v) is 19.6. The second-order valence-electron chi connectivity index (χ2n) is 12.7. The van der Waals surface area contributed by atoms with Crippen molar-refractivity contribution in [3.8, 4) is 0 Å². The molecule has 1 N–H and O–H groups in total. The Morgan fingerprint density at radius 2 is 1.76 bits per heavy atom. The van der Waals surface area contributed by atoms with Gasteiger partial charge in [0.1, 0.15) is 5.60 Å². The lowest BCUT2D eigenvalue weighted by Gasteiger charge is -2.59. The highest BCUT2D eigenvalue weighted by Gasteiger charge is 2.75. The lowest BCUT2D eigenvalue weighted by atomic mass is 9.44. The number of ether oxygens (including phenoxy) is 1. The fourth-order valence-corrected chi connectivity index (χ4v) is 9.77. The molecule has 0 aromatic carbocycles. The molecule has 3 unspecified atom stereocenters. The topological polar surface area (TPSA) is 32.8 Å². The van der Waals surface area contributed by atoms with Gasteiger partial charge in [0.05, 0.1) is 6.10 Å². The van der Waals surface area contributed by atoms with Crippen LogP contribution in [0.2, 0.25) is 0 Å². The van der Waals surface area contributed by atoms with E-state index in [1.807, 2.05) is 0 Å². The molecule has 0 aromatic rings. The van der Waals surface area contributed by atoms with Crippen molar-refractivity contribution in [2.24, 2.45) is 46.3 Å². The van der Waals surface area contributed by atoms with Gasteiger partial charge in [-0.15, -0.1) is 0 Å². The maximum atomic E-state index is 9.33. The number of aliphatic hydroxyl groups excluding tert-OH is 1. The van der Waals surface area contributed by atoms with Crippen molar-refractivity contribution in [3.05, 3.63) is 0 Å². The average molecular weight is 403 g/mol. The average Bonchev–Trinajstić information content (AvgIpc) is 3.29. The lowest BCUT2D eigenvalue weighted by molar-refractivity contribution is -0.100. The van der Waals surface area contributed by atoms with E-state index >= 15 is 0 Å². The lowest BCUT2D eigenvalue weighted by Crippen LogP contribution is -2.57. The van der Waals surface area contributed by atoms with Crippen molar-refractivity contribution in [2.75, 3.05) is 6.61 Å². The van der Waals surface area contributed by atoms with Gasteiger partial charge in [-0.05, 0) is 92.3 Å². The number of aliphatic hydroxyl groups is 1. The molecule has 5 fully saturated rings. The first-order valence-corrected chi connectivity index (χ1v) is 13.1. The normalized spacial score (nSPS) is 52.7. The van der Waals surface area contributed by atoms with Crippen LogP contribution < -0.4 is 0 Å². The Bertz CT molecular complexity index is 618. The molecule has 1 aliphatic heterocycles. The van der Waals surface area contributed by atoms with E-state index in [9.17, 15) is 5.11 Å². The summed E-state index contributed by atoms with van der Waals surface area (Å²) in [6.45, 7) is 10.4. The van der Waals surface area contributed by atoms with Gasteiger partial charge in [0.25, 0.3) is 0 Å². The summed E-state index contributed by atoms with van der Waals surface area (Å²) in [4.78, 5) is 0. The molecule has 2 heteroatoms. The fraction of sp³-hybridized carbons (Fsp3) is 1.00. The maximum Gasteiger partial charge on any atom is 0.100 e. The quantitative estimate of drug-likeness (QED) is 0.508. The third-order valence-corrected chi connectivity index (χ3v) is 11.4. The molecule has 0 bridgehead atoms. The van der Waals surface area contributed by atoms with Gasteiger partial charge in [-0.2, -0.15) is 0 Å². The summed E-state index contributed by atoms with van der Waals surface area (Å²) in [6, 6.07) is 0. The van der Waals surface area contributed by atoms with E-state index < -0.39 is 0 Å². The molecular formula is C27H46O2. The highest BCUT2D eigenvalue weighted by Crippen LogP contribution is 2.74. The second-order valence-corrected chi connectivity index (χ2v) is 12.7. The molecule has 29 heavy (non-hydrogen) atoms. The first kappa shape index (κ1) is 20.8. The number of fused-ring (bicyclic) bond motifs is 4. The second kappa shape index (κ2) is 7.22. The van der Waals surface area contributed by atoms with Gasteiger partial charge in [-0.25, -0.2) is 0 Å². The van der Waals surface area contributed by atoms with Crippen molar-refractivity contribution in [1.82, 2.24) is 0 Å². The van der Waals surface area contributed by atoms with Crippen LogP contribution in [-0.2, 0) is 4.74 Å². The summed E-state index contributed by atoms with van der Waals surface area (Å²) < 4.78 is 6.59. The Morgan fingerprint density at radius 3 is 2.55 bits per heavy atom. The Labute approximate surface area is 179 Å². The summed E-state index contributed by atoms with van der Waals surface area (Å²) in [7, 11) is 0. The zero-order valence-electron chi connectivity index (χ0n) is 19.6. The SMILES string of the molecule is CC(CO)CCC[C@@H](C)[C@H]1CC[C@H]2[C@@H]3CC4OC45CCCC[C@]5(C)[C@H]3CC[C@]12C. The van der Waals surface area contributed by atoms with Crippen LogP contribution in [0.3, 0.4) is 0 Å². The molecule has 4 aliphatic carbocycles. The van der Waals surface area contributed by atoms with Gasteiger partial charge < -0.3 is 9.84 Å². The first-order valence-electron chi connectivity index (χ1n) is 13.1. The van der Waals surface area contributed by atoms with Crippen molar-refractivity contribution >= 4 is 0 Å². The molecule has 10 atom stereocenters. The highest BCUT2D eigenvalue weighted by molar-refractivity contribution is 5.23. The Balaban J connectivity index is 1.30. The summed E-state index contributed by atoms with van der Waals surface area (Å²) in [6.07, 6.45) is 17.3. The van der Waals surface area contributed by atoms with E-state index in [-0.39, 0.29) is 0 Å². The van der Waals surface area contributed by atoms with Gasteiger partial charge in [-0.1, -0.05) is 53.4 Å². The molecule has 1 heterocycles. The molecule has 2 nitrogen and oxygen atoms in total. The minimum absolute atomic E-state index is 0.300. The van der Waals surface area contributed by atoms with Crippen LogP contribution in [0.25, 0.3) is 0 Å². The van der Waals surface area contributed by atoms with E-state index in [0.717, 1.165) is 29.6 Å². The van der Waals surface area contributed by atoms with Crippen molar-refractivity contribution in [2.45, 2.75) is 116 Å². The highest BCUT2D eigenvalue weighted by atomic mass is 16.6. The Hall–Kier alpha value is -0.0800. The largest absolute Gasteiger partial charge is 0.396 e. The molecular weight excluding hydrogens is 356 g/mol. The van der Waals surface area contributed by atoms with Gasteiger partial charge in [0, 0.05) is 12.0 Å². The van der Waals surface area contributed by atoms with Gasteiger partial charge in [0.2, 0.25) is 0 Å². The number of epoxide rings is 1. The van der Waals surface area contributed by atoms with Crippen LogP contribution in [0.5, 0.6) is 0 Å². The summed E-state index contributed by atoms with van der Waals surface area (Å²) in [5.41, 5.74) is 1.35. The van der Waals surface area contributed by atoms with Gasteiger partial charge >= 0.3 is 0 Å². The Kier molecular flexibility index (Phi) is 5.18. The van der Waals surface area contributed by atoms with Crippen LogP contribution in [0, 0.1) is 46.3 Å². The number of rotatable bonds is 6. The number of hydrogen-bond acceptors (Lipinski definition) is 2. The predicted molar refractivity (Wildman–Crippen MR) is 119 cm³/mol. The third kappa shape index (κ3) is 2.94. The zero-order chi connectivity index (χ0) is 20.4. The van der Waals surface area contributed by atoms with E-state index in [1.165, 1.54) is 77.0 Å². The molecule has 0 amide bonds. The number of hydrogen-bond donors (Lipinski definition) is 1. The van der Waals surface area contributed by atoms with Gasteiger partial charge in [0.15, 0.2) is 0 Å². The third-order valence-electron chi connectivity index (χ3n) is 11.4. The summed E-state index contributed by atoms with van der Waals surface area (Å²) in [5, 5.41) is 9.33. The van der Waals surface area contributed by atoms with E-state index in [1.54, 1.807) is 0 Å². The smallest absolute Gasteiger partial charge is 0.100 e.